The van der Waals surface area contributed by atoms with Gasteiger partial charge in [-0.25, -0.2) is 4.79 Å². The van der Waals surface area contributed by atoms with Crippen LogP contribution < -0.4 is 18.9 Å². The number of para-hydroxylation sites is 1. The van der Waals surface area contributed by atoms with Crippen molar-refractivity contribution in [3.8, 4) is 28.7 Å². The molecule has 3 rings (SSSR count). The lowest BCUT2D eigenvalue weighted by Crippen LogP contribution is -2.04. The van der Waals surface area contributed by atoms with Crippen LogP contribution >= 0.6 is 0 Å². The lowest BCUT2D eigenvalue weighted by Gasteiger charge is -2.10. The maximum atomic E-state index is 12.4. The number of rotatable bonds is 8. The number of carbonyl (C=O) groups is 1. The maximum absolute atomic E-state index is 12.4. The average Bonchev–Trinajstić information content (AvgIpc) is 2.75. The molecule has 0 bridgehead atoms. The zero-order chi connectivity index (χ0) is 21.3. The molecule has 154 valence electrons. The second kappa shape index (κ2) is 10.1. The molecule has 0 atom stereocenters. The van der Waals surface area contributed by atoms with E-state index < -0.39 is 12.6 Å². The van der Waals surface area contributed by atoms with Crippen LogP contribution in [0.25, 0.3) is 6.08 Å². The molecule has 0 heterocycles. The molecule has 0 amide bonds. The number of benzene rings is 3. The second-order valence-electron chi connectivity index (χ2n) is 5.93. The van der Waals surface area contributed by atoms with Crippen LogP contribution in [0.5, 0.6) is 28.7 Å². The van der Waals surface area contributed by atoms with E-state index in [1.807, 2.05) is 30.3 Å². The van der Waals surface area contributed by atoms with E-state index in [-0.39, 0.29) is 11.5 Å². The summed E-state index contributed by atoms with van der Waals surface area (Å²) in [4.78, 5) is 12.0. The van der Waals surface area contributed by atoms with Crippen molar-refractivity contribution < 1.29 is 32.5 Å². The zero-order valence-corrected chi connectivity index (χ0v) is 16.0. The lowest BCUT2D eigenvalue weighted by atomic mass is 10.2. The van der Waals surface area contributed by atoms with Crippen molar-refractivity contribution >= 4 is 12.0 Å². The Bertz CT molecular complexity index is 1000. The molecular formula is C23H18F2O5. The van der Waals surface area contributed by atoms with Crippen molar-refractivity contribution in [2.45, 2.75) is 6.61 Å². The Labute approximate surface area is 172 Å². The standard InChI is InChI=1S/C23H18F2O5/c1-27-21-15-16(7-13-20(21)30-23(24)25)8-14-22(26)29-19-11-9-18(10-12-19)28-17-5-3-2-4-6-17/h2-15,23H,1H3/b14-8+. The molecule has 0 N–H and O–H groups in total. The largest absolute Gasteiger partial charge is 0.493 e. The summed E-state index contributed by atoms with van der Waals surface area (Å²) in [6.07, 6.45) is 2.70. The van der Waals surface area contributed by atoms with E-state index in [0.717, 1.165) is 0 Å². The number of esters is 1. The van der Waals surface area contributed by atoms with Gasteiger partial charge >= 0.3 is 12.6 Å². The monoisotopic (exact) mass is 412 g/mol. The first-order valence-electron chi connectivity index (χ1n) is 8.89. The van der Waals surface area contributed by atoms with E-state index in [9.17, 15) is 13.6 Å². The summed E-state index contributed by atoms with van der Waals surface area (Å²) in [7, 11) is 1.33. The first-order chi connectivity index (χ1) is 14.5. The molecule has 0 unspecified atom stereocenters. The summed E-state index contributed by atoms with van der Waals surface area (Å²) >= 11 is 0. The third kappa shape index (κ3) is 6.07. The first kappa shape index (κ1) is 20.9. The molecule has 0 aliphatic rings. The smallest absolute Gasteiger partial charge is 0.387 e. The van der Waals surface area contributed by atoms with Crippen molar-refractivity contribution in [3.63, 3.8) is 0 Å². The van der Waals surface area contributed by atoms with Crippen LogP contribution in [0.2, 0.25) is 0 Å². The Kier molecular flexibility index (Phi) is 7.00. The van der Waals surface area contributed by atoms with Crippen LogP contribution in [0.3, 0.4) is 0 Å². The molecule has 0 fully saturated rings. The molecule has 0 aliphatic carbocycles. The van der Waals surface area contributed by atoms with E-state index in [4.69, 9.17) is 14.2 Å². The number of halogens is 2. The van der Waals surface area contributed by atoms with Gasteiger partial charge in [-0.15, -0.1) is 0 Å². The van der Waals surface area contributed by atoms with E-state index in [2.05, 4.69) is 4.74 Å². The number of ether oxygens (including phenoxy) is 4. The molecule has 0 saturated carbocycles. The number of carbonyl (C=O) groups excluding carboxylic acids is 1. The molecular weight excluding hydrogens is 394 g/mol. The highest BCUT2D eigenvalue weighted by Crippen LogP contribution is 2.30. The lowest BCUT2D eigenvalue weighted by molar-refractivity contribution is -0.128. The number of hydrogen-bond donors (Lipinski definition) is 0. The fourth-order valence-electron chi connectivity index (χ4n) is 2.50. The van der Waals surface area contributed by atoms with Gasteiger partial charge in [0.05, 0.1) is 7.11 Å². The number of alkyl halides is 2. The van der Waals surface area contributed by atoms with Gasteiger partial charge in [0.2, 0.25) is 0 Å². The third-order valence-electron chi connectivity index (χ3n) is 3.84. The Balaban J connectivity index is 1.59. The Morgan fingerprint density at radius 2 is 1.53 bits per heavy atom. The molecule has 0 saturated heterocycles. The van der Waals surface area contributed by atoms with Gasteiger partial charge in [0.25, 0.3) is 0 Å². The van der Waals surface area contributed by atoms with Gasteiger partial charge in [0.1, 0.15) is 17.2 Å². The summed E-state index contributed by atoms with van der Waals surface area (Å²) in [6.45, 7) is -2.96. The van der Waals surface area contributed by atoms with E-state index in [1.165, 1.54) is 37.5 Å². The molecule has 3 aromatic carbocycles. The van der Waals surface area contributed by atoms with E-state index in [0.29, 0.717) is 22.8 Å². The molecule has 5 nitrogen and oxygen atoms in total. The minimum Gasteiger partial charge on any atom is -0.493 e. The van der Waals surface area contributed by atoms with Gasteiger partial charge < -0.3 is 18.9 Å². The molecule has 3 aromatic rings. The highest BCUT2D eigenvalue weighted by atomic mass is 19.3. The van der Waals surface area contributed by atoms with Gasteiger partial charge in [-0.3, -0.25) is 0 Å². The van der Waals surface area contributed by atoms with Crippen molar-refractivity contribution in [2.24, 2.45) is 0 Å². The van der Waals surface area contributed by atoms with Gasteiger partial charge in [0.15, 0.2) is 11.5 Å². The summed E-state index contributed by atoms with van der Waals surface area (Å²) in [5.74, 6) is 1.09. The maximum Gasteiger partial charge on any atom is 0.387 e. The average molecular weight is 412 g/mol. The Morgan fingerprint density at radius 3 is 2.20 bits per heavy atom. The highest BCUT2D eigenvalue weighted by molar-refractivity contribution is 5.88. The summed E-state index contributed by atoms with van der Waals surface area (Å²) < 4.78 is 45.0. The van der Waals surface area contributed by atoms with E-state index in [1.54, 1.807) is 24.3 Å². The Hall–Kier alpha value is -3.87. The highest BCUT2D eigenvalue weighted by Gasteiger charge is 2.10. The normalized spacial score (nSPS) is 10.8. The van der Waals surface area contributed by atoms with Crippen LogP contribution in [-0.2, 0) is 4.79 Å². The molecule has 7 heteroatoms. The molecule has 30 heavy (non-hydrogen) atoms. The minimum atomic E-state index is -2.96. The summed E-state index contributed by atoms with van der Waals surface area (Å²) in [5.41, 5.74) is 0.553. The van der Waals surface area contributed by atoms with Crippen LogP contribution in [0.15, 0.2) is 78.9 Å². The zero-order valence-electron chi connectivity index (χ0n) is 16.0. The Morgan fingerprint density at radius 1 is 0.867 bits per heavy atom. The molecule has 0 spiro atoms. The SMILES string of the molecule is COc1cc(/C=C/C(=O)Oc2ccc(Oc3ccccc3)cc2)ccc1OC(F)F. The fraction of sp³-hybridized carbons (Fsp3) is 0.0870. The summed E-state index contributed by atoms with van der Waals surface area (Å²) in [6, 6.07) is 20.2. The van der Waals surface area contributed by atoms with Gasteiger partial charge in [-0.2, -0.15) is 8.78 Å². The van der Waals surface area contributed by atoms with Crippen molar-refractivity contribution in [3.05, 3.63) is 84.4 Å². The van der Waals surface area contributed by atoms with Gasteiger partial charge in [-0.05, 0) is 60.2 Å². The van der Waals surface area contributed by atoms with Crippen LogP contribution in [0, 0.1) is 0 Å². The molecule has 0 aromatic heterocycles. The predicted octanol–water partition coefficient (Wildman–Crippen LogP) is 5.71. The second-order valence-corrected chi connectivity index (χ2v) is 5.93. The summed E-state index contributed by atoms with van der Waals surface area (Å²) in [5, 5.41) is 0. The molecule has 0 radical (unpaired) electrons. The first-order valence-corrected chi connectivity index (χ1v) is 8.89. The molecule has 0 aliphatic heterocycles. The van der Waals surface area contributed by atoms with Gasteiger partial charge in [-0.1, -0.05) is 24.3 Å². The predicted molar refractivity (Wildman–Crippen MR) is 107 cm³/mol. The minimum absolute atomic E-state index is 0.0926. The number of hydrogen-bond acceptors (Lipinski definition) is 5. The quantitative estimate of drug-likeness (QED) is 0.270. The van der Waals surface area contributed by atoms with Crippen molar-refractivity contribution in [1.29, 1.82) is 0 Å². The topological polar surface area (TPSA) is 54.0 Å². The van der Waals surface area contributed by atoms with Crippen molar-refractivity contribution in [2.75, 3.05) is 7.11 Å². The fourth-order valence-corrected chi connectivity index (χ4v) is 2.50. The van der Waals surface area contributed by atoms with Crippen LogP contribution in [0.4, 0.5) is 8.78 Å². The van der Waals surface area contributed by atoms with Crippen LogP contribution in [0.1, 0.15) is 5.56 Å². The van der Waals surface area contributed by atoms with E-state index >= 15 is 0 Å². The number of methoxy groups -OCH3 is 1. The van der Waals surface area contributed by atoms with Crippen LogP contribution in [-0.4, -0.2) is 19.7 Å². The van der Waals surface area contributed by atoms with Crippen molar-refractivity contribution in [1.82, 2.24) is 0 Å². The van der Waals surface area contributed by atoms with Gasteiger partial charge in [0, 0.05) is 6.08 Å². The third-order valence-corrected chi connectivity index (χ3v) is 3.84.